The zero-order chi connectivity index (χ0) is 18.1. The summed E-state index contributed by atoms with van der Waals surface area (Å²) in [6.45, 7) is 5.60. The highest BCUT2D eigenvalue weighted by Gasteiger charge is 2.19. The number of rotatable bonds is 6. The molecule has 2 rings (SSSR count). The molecule has 6 nitrogen and oxygen atoms in total. The number of amides is 1. The number of hydrogen-bond donors (Lipinski definition) is 1. The third-order valence-corrected chi connectivity index (χ3v) is 4.00. The minimum Gasteiger partial charge on any atom is -0.468 e. The van der Waals surface area contributed by atoms with E-state index in [-0.39, 0.29) is 11.9 Å². The van der Waals surface area contributed by atoms with E-state index in [4.69, 9.17) is 4.74 Å². The summed E-state index contributed by atoms with van der Waals surface area (Å²) in [6, 6.07) is 7.80. The van der Waals surface area contributed by atoms with Gasteiger partial charge in [-0.2, -0.15) is 0 Å². The van der Waals surface area contributed by atoms with Crippen LogP contribution in [0.2, 0.25) is 0 Å². The van der Waals surface area contributed by atoms with Crippen LogP contribution in [0, 0.1) is 0 Å². The monoisotopic (exact) mass is 343 g/mol. The summed E-state index contributed by atoms with van der Waals surface area (Å²) in [5, 5.41) is 2.83. The van der Waals surface area contributed by atoms with Crippen molar-refractivity contribution in [1.29, 1.82) is 0 Å². The molecular weight excluding hydrogens is 318 g/mol. The first-order valence-electron chi connectivity index (χ1n) is 8.37. The van der Waals surface area contributed by atoms with Crippen molar-refractivity contribution in [2.45, 2.75) is 6.92 Å². The fraction of sp³-hybridized carbons (Fsp3) is 0.368. The van der Waals surface area contributed by atoms with Crippen LogP contribution in [0.4, 0.5) is 11.4 Å². The van der Waals surface area contributed by atoms with Crippen LogP contribution in [0.5, 0.6) is 0 Å². The molecule has 134 valence electrons. The maximum Gasteiger partial charge on any atom is 0.319 e. The number of piperazine rings is 1. The smallest absolute Gasteiger partial charge is 0.319 e. The summed E-state index contributed by atoms with van der Waals surface area (Å²) in [5.74, 6) is -0.348. The molecule has 1 aromatic rings. The van der Waals surface area contributed by atoms with E-state index in [1.165, 1.54) is 13.2 Å². The van der Waals surface area contributed by atoms with E-state index < -0.39 is 0 Å². The van der Waals surface area contributed by atoms with Crippen LogP contribution in [0.25, 0.3) is 0 Å². The van der Waals surface area contributed by atoms with Crippen LogP contribution in [0.15, 0.2) is 48.6 Å². The van der Waals surface area contributed by atoms with Crippen molar-refractivity contribution in [3.63, 3.8) is 0 Å². The van der Waals surface area contributed by atoms with E-state index in [0.717, 1.165) is 37.6 Å². The van der Waals surface area contributed by atoms with Crippen molar-refractivity contribution in [3.8, 4) is 0 Å². The predicted molar refractivity (Wildman–Crippen MR) is 99.7 cm³/mol. The summed E-state index contributed by atoms with van der Waals surface area (Å²) in [4.78, 5) is 27.4. The standard InChI is InChI=1S/C19H25N3O3/c1-3-4-5-6-18(23)20-16-7-9-17(10-8-16)22-13-11-21(12-14-22)15-19(24)25-2/h3-10H,11-15H2,1-2H3,(H,20,23)/b4-3+,6-5+. The van der Waals surface area contributed by atoms with Gasteiger partial charge in [-0.25, -0.2) is 0 Å². The van der Waals surface area contributed by atoms with Crippen molar-refractivity contribution in [1.82, 2.24) is 4.90 Å². The van der Waals surface area contributed by atoms with Crippen LogP contribution in [0.3, 0.4) is 0 Å². The van der Waals surface area contributed by atoms with Gasteiger partial charge in [0.25, 0.3) is 0 Å². The number of nitrogens with one attached hydrogen (secondary N) is 1. The Hall–Kier alpha value is -2.60. The molecule has 0 unspecified atom stereocenters. The molecule has 0 bridgehead atoms. The lowest BCUT2D eigenvalue weighted by molar-refractivity contribution is -0.142. The molecule has 0 atom stereocenters. The predicted octanol–water partition coefficient (Wildman–Crippen LogP) is 2.05. The van der Waals surface area contributed by atoms with E-state index in [9.17, 15) is 9.59 Å². The number of hydrogen-bond acceptors (Lipinski definition) is 5. The number of anilines is 2. The molecule has 1 saturated heterocycles. The van der Waals surface area contributed by atoms with Gasteiger partial charge in [0.15, 0.2) is 0 Å². The number of carbonyl (C=O) groups excluding carboxylic acids is 2. The summed E-state index contributed by atoms with van der Waals surface area (Å²) < 4.78 is 4.70. The van der Waals surface area contributed by atoms with Gasteiger partial charge in [-0.05, 0) is 31.2 Å². The molecule has 6 heteroatoms. The summed E-state index contributed by atoms with van der Waals surface area (Å²) in [5.41, 5.74) is 1.88. The minimum atomic E-state index is -0.197. The second kappa shape index (κ2) is 9.64. The molecule has 0 aromatic heterocycles. The molecule has 0 radical (unpaired) electrons. The van der Waals surface area contributed by atoms with Gasteiger partial charge >= 0.3 is 5.97 Å². The first kappa shape index (κ1) is 18.7. The molecule has 0 spiro atoms. The number of carbonyl (C=O) groups is 2. The molecule has 0 aliphatic carbocycles. The Morgan fingerprint density at radius 1 is 1.12 bits per heavy atom. The number of benzene rings is 1. The molecule has 1 heterocycles. The molecule has 25 heavy (non-hydrogen) atoms. The molecular formula is C19H25N3O3. The highest BCUT2D eigenvalue weighted by molar-refractivity contribution is 5.99. The van der Waals surface area contributed by atoms with Gasteiger partial charge < -0.3 is 15.0 Å². The summed E-state index contributed by atoms with van der Waals surface area (Å²) >= 11 is 0. The van der Waals surface area contributed by atoms with Crippen LogP contribution in [0.1, 0.15) is 6.92 Å². The maximum atomic E-state index is 11.7. The fourth-order valence-corrected chi connectivity index (χ4v) is 2.60. The van der Waals surface area contributed by atoms with Crippen molar-refractivity contribution < 1.29 is 14.3 Å². The second-order valence-corrected chi connectivity index (χ2v) is 5.76. The van der Waals surface area contributed by atoms with Crippen LogP contribution < -0.4 is 10.2 Å². The normalized spacial score (nSPS) is 15.7. The highest BCUT2D eigenvalue weighted by Crippen LogP contribution is 2.19. The third-order valence-electron chi connectivity index (χ3n) is 4.00. The number of allylic oxidation sites excluding steroid dienone is 3. The number of methoxy groups -OCH3 is 1. The lowest BCUT2D eigenvalue weighted by atomic mass is 10.2. The topological polar surface area (TPSA) is 61.9 Å². The van der Waals surface area contributed by atoms with Gasteiger partial charge in [0.1, 0.15) is 0 Å². The van der Waals surface area contributed by atoms with Crippen LogP contribution in [-0.4, -0.2) is 56.6 Å². The molecule has 0 saturated carbocycles. The number of ether oxygens (including phenoxy) is 1. The second-order valence-electron chi connectivity index (χ2n) is 5.76. The minimum absolute atomic E-state index is 0.151. The Balaban J connectivity index is 1.84. The van der Waals surface area contributed by atoms with Gasteiger partial charge in [0, 0.05) is 43.6 Å². The first-order chi connectivity index (χ1) is 12.1. The summed E-state index contributed by atoms with van der Waals surface area (Å²) in [6.07, 6.45) is 6.87. The molecule has 1 amide bonds. The zero-order valence-corrected chi connectivity index (χ0v) is 14.8. The van der Waals surface area contributed by atoms with Gasteiger partial charge in [0.05, 0.1) is 13.7 Å². The zero-order valence-electron chi connectivity index (χ0n) is 14.8. The molecule has 1 fully saturated rings. The van der Waals surface area contributed by atoms with E-state index in [1.807, 2.05) is 43.3 Å². The first-order valence-corrected chi connectivity index (χ1v) is 8.37. The Morgan fingerprint density at radius 2 is 1.80 bits per heavy atom. The third kappa shape index (κ3) is 6.08. The molecule has 1 aliphatic rings. The summed E-state index contributed by atoms with van der Waals surface area (Å²) in [7, 11) is 1.41. The van der Waals surface area contributed by atoms with Crippen molar-refractivity contribution in [2.75, 3.05) is 50.1 Å². The van der Waals surface area contributed by atoms with E-state index in [1.54, 1.807) is 6.08 Å². The lowest BCUT2D eigenvalue weighted by Gasteiger charge is -2.35. The van der Waals surface area contributed by atoms with E-state index in [2.05, 4.69) is 15.1 Å². The average molecular weight is 343 g/mol. The van der Waals surface area contributed by atoms with Crippen LogP contribution in [-0.2, 0) is 14.3 Å². The van der Waals surface area contributed by atoms with Gasteiger partial charge in [-0.1, -0.05) is 18.2 Å². The van der Waals surface area contributed by atoms with E-state index >= 15 is 0 Å². The van der Waals surface area contributed by atoms with Crippen molar-refractivity contribution in [2.24, 2.45) is 0 Å². The highest BCUT2D eigenvalue weighted by atomic mass is 16.5. The number of nitrogens with zero attached hydrogens (tertiary/aromatic N) is 2. The van der Waals surface area contributed by atoms with Crippen molar-refractivity contribution >= 4 is 23.3 Å². The van der Waals surface area contributed by atoms with Crippen molar-refractivity contribution in [3.05, 3.63) is 48.6 Å². The van der Waals surface area contributed by atoms with Gasteiger partial charge in [-0.15, -0.1) is 0 Å². The Labute approximate surface area is 148 Å². The van der Waals surface area contributed by atoms with Gasteiger partial charge in [0.2, 0.25) is 5.91 Å². The quantitative estimate of drug-likeness (QED) is 0.487. The maximum absolute atomic E-state index is 11.7. The SMILES string of the molecule is C/C=C/C=C/C(=O)Nc1ccc(N2CCN(CC(=O)OC)CC2)cc1. The Bertz CT molecular complexity index is 630. The number of esters is 1. The van der Waals surface area contributed by atoms with Gasteiger partial charge in [-0.3, -0.25) is 14.5 Å². The Kier molecular flexibility index (Phi) is 7.22. The largest absolute Gasteiger partial charge is 0.468 e. The van der Waals surface area contributed by atoms with Crippen LogP contribution >= 0.6 is 0 Å². The van der Waals surface area contributed by atoms with E-state index in [0.29, 0.717) is 6.54 Å². The molecule has 1 N–H and O–H groups in total. The lowest BCUT2D eigenvalue weighted by Crippen LogP contribution is -2.48. The Morgan fingerprint density at radius 3 is 2.40 bits per heavy atom. The molecule has 1 aliphatic heterocycles. The molecule has 1 aromatic carbocycles. The average Bonchev–Trinajstić information content (AvgIpc) is 2.63. The fourth-order valence-electron chi connectivity index (χ4n) is 2.60.